The predicted octanol–water partition coefficient (Wildman–Crippen LogP) is 5.23. The number of carbonyl (C=O) groups excluding carboxylic acids is 2. The summed E-state index contributed by atoms with van der Waals surface area (Å²) in [7, 11) is 3.91. The highest BCUT2D eigenvalue weighted by molar-refractivity contribution is 6.39. The maximum atomic E-state index is 13.4. The summed E-state index contributed by atoms with van der Waals surface area (Å²) in [6.07, 6.45) is 0.836. The van der Waals surface area contributed by atoms with E-state index in [0.717, 1.165) is 56.1 Å². The molecule has 2 aromatic carbocycles. The molecule has 0 radical (unpaired) electrons. The fraction of sp³-hybridized carbons (Fsp3) is 0.343. The predicted molar refractivity (Wildman–Crippen MR) is 181 cm³/mol. The van der Waals surface area contributed by atoms with Crippen LogP contribution < -0.4 is 5.32 Å². The smallest absolute Gasteiger partial charge is 0.291 e. The molecule has 240 valence electrons. The van der Waals surface area contributed by atoms with Gasteiger partial charge in [0.05, 0.1) is 27.1 Å². The van der Waals surface area contributed by atoms with Crippen LogP contribution in [0, 0.1) is 16.7 Å². The quantitative estimate of drug-likeness (QED) is 0.300. The molecule has 10 nitrogen and oxygen atoms in total. The van der Waals surface area contributed by atoms with E-state index in [9.17, 15) is 14.9 Å². The molecule has 0 bridgehead atoms. The molecule has 5 heterocycles. The summed E-state index contributed by atoms with van der Waals surface area (Å²) in [6, 6.07) is 17.1. The molecule has 0 atom stereocenters. The summed E-state index contributed by atoms with van der Waals surface area (Å²) in [6.45, 7) is 7.27. The van der Waals surface area contributed by atoms with Gasteiger partial charge in [0.2, 0.25) is 5.91 Å². The number of nitrogens with one attached hydrogen (secondary N) is 1. The van der Waals surface area contributed by atoms with E-state index in [-0.39, 0.29) is 17.2 Å². The number of aromatic nitrogens is 3. The average molecular weight is 670 g/mol. The third kappa shape index (κ3) is 5.68. The lowest BCUT2D eigenvalue weighted by atomic mass is 9.72. The van der Waals surface area contributed by atoms with Crippen molar-refractivity contribution in [2.75, 3.05) is 45.1 Å². The van der Waals surface area contributed by atoms with Gasteiger partial charge in [0.1, 0.15) is 11.8 Å². The molecule has 0 aliphatic carbocycles. The third-order valence-corrected chi connectivity index (χ3v) is 10.4. The first-order valence-electron chi connectivity index (χ1n) is 15.6. The van der Waals surface area contributed by atoms with Gasteiger partial charge in [0.15, 0.2) is 5.82 Å². The van der Waals surface area contributed by atoms with Gasteiger partial charge in [0.25, 0.3) is 5.91 Å². The average Bonchev–Trinajstić information content (AvgIpc) is 3.34. The van der Waals surface area contributed by atoms with Crippen molar-refractivity contribution in [3.05, 3.63) is 87.0 Å². The van der Waals surface area contributed by atoms with Crippen LogP contribution in [0.1, 0.15) is 40.2 Å². The number of halogens is 2. The van der Waals surface area contributed by atoms with Crippen molar-refractivity contribution in [3.63, 3.8) is 0 Å². The number of anilines is 1. The van der Waals surface area contributed by atoms with Crippen molar-refractivity contribution < 1.29 is 9.59 Å². The number of likely N-dealkylation sites (N-methyl/N-ethyl adjacent to an activating group) is 1. The van der Waals surface area contributed by atoms with E-state index in [1.807, 2.05) is 66.0 Å². The molecule has 7 rings (SSSR count). The largest absolute Gasteiger partial charge is 0.341 e. The summed E-state index contributed by atoms with van der Waals surface area (Å²) >= 11 is 13.9. The number of rotatable bonds is 6. The molecule has 3 aliphatic rings. The number of nitrogens with zero attached hydrogens (tertiary/aromatic N) is 7. The van der Waals surface area contributed by atoms with Crippen molar-refractivity contribution >= 4 is 40.7 Å². The Morgan fingerprint density at radius 3 is 2.38 bits per heavy atom. The van der Waals surface area contributed by atoms with Crippen molar-refractivity contribution in [2.45, 2.75) is 26.4 Å². The summed E-state index contributed by atoms with van der Waals surface area (Å²) < 4.78 is 1.86. The second kappa shape index (κ2) is 12.1. The van der Waals surface area contributed by atoms with Crippen LogP contribution in [0.15, 0.2) is 48.5 Å². The first-order chi connectivity index (χ1) is 22.6. The number of benzene rings is 2. The van der Waals surface area contributed by atoms with E-state index < -0.39 is 0 Å². The highest BCUT2D eigenvalue weighted by Gasteiger charge is 2.52. The first-order valence-corrected chi connectivity index (χ1v) is 16.3. The van der Waals surface area contributed by atoms with E-state index in [0.29, 0.717) is 62.7 Å². The van der Waals surface area contributed by atoms with Gasteiger partial charge in [-0.15, -0.1) is 0 Å². The number of pyridine rings is 1. The zero-order valence-electron chi connectivity index (χ0n) is 26.5. The van der Waals surface area contributed by atoms with Gasteiger partial charge in [-0.3, -0.25) is 14.5 Å². The van der Waals surface area contributed by atoms with E-state index in [1.165, 1.54) is 0 Å². The number of hydrogen-bond donors (Lipinski definition) is 1. The molecule has 12 heteroatoms. The van der Waals surface area contributed by atoms with E-state index in [1.54, 1.807) is 13.0 Å². The Bertz CT molecular complexity index is 1970. The minimum atomic E-state index is -0.337. The molecule has 1 spiro atoms. The number of amides is 2. The van der Waals surface area contributed by atoms with Gasteiger partial charge in [-0.2, -0.15) is 5.26 Å². The molecule has 2 saturated heterocycles. The van der Waals surface area contributed by atoms with Crippen LogP contribution in [0.5, 0.6) is 0 Å². The summed E-state index contributed by atoms with van der Waals surface area (Å²) in [5, 5.41) is 13.7. The lowest BCUT2D eigenvalue weighted by molar-refractivity contribution is -0.157. The summed E-state index contributed by atoms with van der Waals surface area (Å²) in [4.78, 5) is 40.6. The maximum absolute atomic E-state index is 13.4. The Balaban J connectivity index is 1.10. The Labute approximate surface area is 283 Å². The zero-order chi connectivity index (χ0) is 33.0. The van der Waals surface area contributed by atoms with Crippen LogP contribution >= 0.6 is 23.2 Å². The van der Waals surface area contributed by atoms with Crippen molar-refractivity contribution in [1.29, 1.82) is 5.26 Å². The highest BCUT2D eigenvalue weighted by Crippen LogP contribution is 2.42. The molecule has 0 saturated carbocycles. The fourth-order valence-electron chi connectivity index (χ4n) is 7.12. The van der Waals surface area contributed by atoms with E-state index in [2.05, 4.69) is 26.2 Å². The van der Waals surface area contributed by atoms with Crippen LogP contribution in [0.2, 0.25) is 10.0 Å². The van der Waals surface area contributed by atoms with Crippen LogP contribution in [0.4, 0.5) is 5.69 Å². The second-order valence-corrected chi connectivity index (χ2v) is 13.8. The van der Waals surface area contributed by atoms with E-state index >= 15 is 0 Å². The van der Waals surface area contributed by atoms with Crippen LogP contribution in [-0.4, -0.2) is 80.8 Å². The number of fused-ring (bicyclic) bond motifs is 1. The number of hydrogen-bond acceptors (Lipinski definition) is 7. The monoisotopic (exact) mass is 668 g/mol. The standard InChI is InChI=1S/C35H34Cl2N8O2/c1-21(46)45-19-35(20-45)17-44(18-35)15-22-10-11-26(39-28(22)14-38)25-8-4-6-23(31(25)36)24-7-5-9-27(32(24)37)41-34(47)33-40-29-16-42(2)13-12-30(29)43(33)3/h4-11H,12-13,15-20H2,1-3H3,(H,41,47). The van der Waals surface area contributed by atoms with Crippen LogP contribution in [-0.2, 0) is 31.4 Å². The molecule has 4 aromatic rings. The normalized spacial score (nSPS) is 17.1. The number of nitriles is 1. The Hall–Kier alpha value is -4.27. The van der Waals surface area contributed by atoms with Gasteiger partial charge in [-0.1, -0.05) is 59.6 Å². The van der Waals surface area contributed by atoms with E-state index in [4.69, 9.17) is 28.2 Å². The molecule has 1 N–H and O–H groups in total. The van der Waals surface area contributed by atoms with Gasteiger partial charge >= 0.3 is 0 Å². The molecule has 2 amide bonds. The Morgan fingerprint density at radius 2 is 1.66 bits per heavy atom. The Morgan fingerprint density at radius 1 is 0.957 bits per heavy atom. The topological polar surface area (TPSA) is 110 Å². The number of carbonyl (C=O) groups is 2. The lowest BCUT2D eigenvalue weighted by Gasteiger charge is -2.60. The van der Waals surface area contributed by atoms with Gasteiger partial charge in [0, 0.05) is 99.6 Å². The number of likely N-dealkylation sites (tertiary alicyclic amines) is 2. The van der Waals surface area contributed by atoms with Gasteiger partial charge in [-0.05, 0) is 19.2 Å². The lowest BCUT2D eigenvalue weighted by Crippen LogP contribution is -2.72. The number of imidazole rings is 1. The molecule has 47 heavy (non-hydrogen) atoms. The van der Waals surface area contributed by atoms with Gasteiger partial charge < -0.3 is 19.7 Å². The first kappa shape index (κ1) is 31.3. The molecule has 2 fully saturated rings. The SMILES string of the molecule is CC(=O)N1CC2(CN(Cc3ccc(-c4cccc(-c5cccc(NC(=O)c6nc7c(n6C)CCN(C)C7)c5Cl)c4Cl)nc3C#N)C2)C1. The summed E-state index contributed by atoms with van der Waals surface area (Å²) in [5.41, 5.74) is 6.42. The Kier molecular flexibility index (Phi) is 8.05. The fourth-order valence-corrected chi connectivity index (χ4v) is 7.72. The van der Waals surface area contributed by atoms with Crippen molar-refractivity contribution in [3.8, 4) is 28.5 Å². The molecular formula is C35H34Cl2N8O2. The maximum Gasteiger partial charge on any atom is 0.291 e. The van der Waals surface area contributed by atoms with Crippen molar-refractivity contribution in [1.82, 2.24) is 29.2 Å². The molecular weight excluding hydrogens is 635 g/mol. The van der Waals surface area contributed by atoms with Crippen LogP contribution in [0.3, 0.4) is 0 Å². The second-order valence-electron chi connectivity index (χ2n) is 13.0. The van der Waals surface area contributed by atoms with Crippen molar-refractivity contribution in [2.24, 2.45) is 12.5 Å². The molecule has 0 unspecified atom stereocenters. The molecule has 2 aromatic heterocycles. The van der Waals surface area contributed by atoms with Crippen LogP contribution in [0.25, 0.3) is 22.4 Å². The minimum Gasteiger partial charge on any atom is -0.341 e. The minimum absolute atomic E-state index is 0.122. The third-order valence-electron chi connectivity index (χ3n) is 9.56. The highest BCUT2D eigenvalue weighted by atomic mass is 35.5. The zero-order valence-corrected chi connectivity index (χ0v) is 28.0. The molecule has 3 aliphatic heterocycles. The summed E-state index contributed by atoms with van der Waals surface area (Å²) in [5.74, 6) is 0.124. The van der Waals surface area contributed by atoms with Gasteiger partial charge in [-0.25, -0.2) is 9.97 Å².